The van der Waals surface area contributed by atoms with Crippen LogP contribution < -0.4 is 4.74 Å². The van der Waals surface area contributed by atoms with Gasteiger partial charge in [-0.1, -0.05) is 0 Å². The molecule has 6 rings (SSSR count). The Bertz CT molecular complexity index is 716. The van der Waals surface area contributed by atoms with Crippen LogP contribution in [0.25, 0.3) is 0 Å². The van der Waals surface area contributed by atoms with Crippen LogP contribution in [0.5, 0.6) is 5.75 Å². The Balaban J connectivity index is 1.40. The molecular formula is C24H34O2S. The van der Waals surface area contributed by atoms with Crippen molar-refractivity contribution < 1.29 is 9.53 Å². The number of rotatable bonds is 3. The minimum atomic E-state index is -0.650. The maximum absolute atomic E-state index is 13.4. The summed E-state index contributed by atoms with van der Waals surface area (Å²) < 4.78 is 6.18. The van der Waals surface area contributed by atoms with Crippen molar-refractivity contribution in [3.05, 3.63) is 23.3 Å². The van der Waals surface area contributed by atoms with Crippen molar-refractivity contribution in [3.8, 4) is 5.75 Å². The van der Waals surface area contributed by atoms with Crippen molar-refractivity contribution in [2.45, 2.75) is 70.1 Å². The molecule has 2 nitrogen and oxygen atoms in total. The number of hydrogen-bond donors (Lipinski definition) is 0. The van der Waals surface area contributed by atoms with E-state index in [1.807, 2.05) is 0 Å². The van der Waals surface area contributed by atoms with Crippen LogP contribution in [-0.2, 0) is 4.79 Å². The lowest BCUT2D eigenvalue weighted by Gasteiger charge is -2.55. The van der Waals surface area contributed by atoms with E-state index in [4.69, 9.17) is 4.74 Å². The summed E-state index contributed by atoms with van der Waals surface area (Å²) in [7, 11) is -0.650. The number of hydrogen-bond acceptors (Lipinski definition) is 2. The molecule has 0 unspecified atom stereocenters. The molecule has 4 bridgehead atoms. The maximum Gasteiger partial charge on any atom is 0.317 e. The number of carbonyl (C=O) groups is 1. The smallest absolute Gasteiger partial charge is 0.317 e. The van der Waals surface area contributed by atoms with Gasteiger partial charge >= 0.3 is 5.97 Å². The minimum Gasteiger partial charge on any atom is -0.426 e. The first-order chi connectivity index (χ1) is 12.9. The third kappa shape index (κ3) is 2.96. The summed E-state index contributed by atoms with van der Waals surface area (Å²) in [5, 5.41) is 0. The molecule has 0 radical (unpaired) electrons. The zero-order chi connectivity index (χ0) is 18.8. The Morgan fingerprint density at radius 3 is 1.93 bits per heavy atom. The molecule has 1 aromatic carbocycles. The second kappa shape index (κ2) is 6.27. The van der Waals surface area contributed by atoms with E-state index in [-0.39, 0.29) is 11.4 Å². The van der Waals surface area contributed by atoms with Crippen molar-refractivity contribution >= 4 is 16.0 Å². The summed E-state index contributed by atoms with van der Waals surface area (Å²) in [5.41, 5.74) is 2.14. The molecule has 5 fully saturated rings. The molecule has 0 amide bonds. The van der Waals surface area contributed by atoms with Crippen LogP contribution in [0.3, 0.4) is 0 Å². The first-order valence-corrected chi connectivity index (χ1v) is 13.3. The number of ether oxygens (including phenoxy) is 1. The van der Waals surface area contributed by atoms with Gasteiger partial charge in [0.05, 0.1) is 5.41 Å². The van der Waals surface area contributed by atoms with Gasteiger partial charge in [-0.15, -0.1) is 0 Å². The normalized spacial score (nSPS) is 37.4. The number of carbonyl (C=O) groups excluding carboxylic acids is 1. The summed E-state index contributed by atoms with van der Waals surface area (Å²) in [4.78, 5) is 14.9. The standard InChI is InChI=1S/C24H34O2S/c1-16-8-21(27(3)6-4-5-7-27)9-17(2)22(16)26-23(25)24-13-18-10-19(14-24)12-20(11-18)15-24/h8-9,18-20H,4-7,10-15H2,1-3H3. The predicted octanol–water partition coefficient (Wildman–Crippen LogP) is 6.01. The second-order valence-corrected chi connectivity index (χ2v) is 14.2. The van der Waals surface area contributed by atoms with E-state index in [2.05, 4.69) is 32.2 Å². The van der Waals surface area contributed by atoms with Crippen LogP contribution in [0.15, 0.2) is 17.0 Å². The molecule has 1 heterocycles. The van der Waals surface area contributed by atoms with Crippen LogP contribution >= 0.6 is 10.0 Å². The van der Waals surface area contributed by atoms with E-state index >= 15 is 0 Å². The van der Waals surface area contributed by atoms with E-state index in [0.717, 1.165) is 53.9 Å². The molecule has 3 heteroatoms. The van der Waals surface area contributed by atoms with Crippen molar-refractivity contribution in [2.75, 3.05) is 17.8 Å². The zero-order valence-electron chi connectivity index (χ0n) is 17.2. The molecule has 1 aromatic rings. The fraction of sp³-hybridized carbons (Fsp3) is 0.708. The van der Waals surface area contributed by atoms with Gasteiger partial charge in [0.1, 0.15) is 5.75 Å². The summed E-state index contributed by atoms with van der Waals surface area (Å²) in [6.07, 6.45) is 12.5. The first kappa shape index (κ1) is 18.1. The zero-order valence-corrected chi connectivity index (χ0v) is 18.0. The van der Waals surface area contributed by atoms with Crippen molar-refractivity contribution in [1.29, 1.82) is 0 Å². The van der Waals surface area contributed by atoms with Crippen molar-refractivity contribution in [1.82, 2.24) is 0 Å². The molecule has 4 saturated carbocycles. The highest BCUT2D eigenvalue weighted by Gasteiger charge is 2.55. The van der Waals surface area contributed by atoms with Gasteiger partial charge in [-0.05, 0) is 129 Å². The lowest BCUT2D eigenvalue weighted by Crippen LogP contribution is -2.51. The molecule has 0 spiro atoms. The van der Waals surface area contributed by atoms with Gasteiger partial charge in [0, 0.05) is 0 Å². The molecule has 4 aliphatic carbocycles. The van der Waals surface area contributed by atoms with E-state index in [1.54, 1.807) is 0 Å². The number of aryl methyl sites for hydroxylation is 2. The predicted molar refractivity (Wildman–Crippen MR) is 113 cm³/mol. The third-order valence-corrected chi connectivity index (χ3v) is 11.9. The quantitative estimate of drug-likeness (QED) is 0.469. The van der Waals surface area contributed by atoms with Gasteiger partial charge in [0.25, 0.3) is 0 Å². The van der Waals surface area contributed by atoms with Crippen LogP contribution in [0.1, 0.15) is 62.5 Å². The Morgan fingerprint density at radius 2 is 1.44 bits per heavy atom. The van der Waals surface area contributed by atoms with Gasteiger partial charge in [0.15, 0.2) is 0 Å². The van der Waals surface area contributed by atoms with Crippen LogP contribution in [-0.4, -0.2) is 23.7 Å². The highest BCUT2D eigenvalue weighted by atomic mass is 32.3. The van der Waals surface area contributed by atoms with Crippen LogP contribution in [0.4, 0.5) is 0 Å². The van der Waals surface area contributed by atoms with Crippen molar-refractivity contribution in [2.24, 2.45) is 23.2 Å². The molecule has 0 atom stereocenters. The highest BCUT2D eigenvalue weighted by Crippen LogP contribution is 2.61. The van der Waals surface area contributed by atoms with Gasteiger partial charge in [-0.25, -0.2) is 10.0 Å². The molecule has 0 N–H and O–H groups in total. The topological polar surface area (TPSA) is 26.3 Å². The highest BCUT2D eigenvalue weighted by molar-refractivity contribution is 8.33. The molecule has 27 heavy (non-hydrogen) atoms. The lowest BCUT2D eigenvalue weighted by atomic mass is 9.49. The van der Waals surface area contributed by atoms with Gasteiger partial charge in [0.2, 0.25) is 0 Å². The maximum atomic E-state index is 13.4. The average molecular weight is 387 g/mol. The van der Waals surface area contributed by atoms with Gasteiger partial charge in [-0.3, -0.25) is 4.79 Å². The second-order valence-electron chi connectivity index (χ2n) is 10.4. The summed E-state index contributed by atoms with van der Waals surface area (Å²) in [6, 6.07) is 4.66. The molecule has 1 saturated heterocycles. The van der Waals surface area contributed by atoms with E-state index in [0.29, 0.717) is 0 Å². The molecular weight excluding hydrogens is 352 g/mol. The van der Waals surface area contributed by atoms with Gasteiger partial charge in [-0.2, -0.15) is 0 Å². The first-order valence-electron chi connectivity index (χ1n) is 10.9. The van der Waals surface area contributed by atoms with E-state index in [9.17, 15) is 4.79 Å². The third-order valence-electron chi connectivity index (χ3n) is 8.11. The fourth-order valence-corrected chi connectivity index (χ4v) is 10.4. The van der Waals surface area contributed by atoms with Gasteiger partial charge < -0.3 is 4.74 Å². The lowest BCUT2D eigenvalue weighted by molar-refractivity contribution is -0.161. The summed E-state index contributed by atoms with van der Waals surface area (Å²) >= 11 is 0. The largest absolute Gasteiger partial charge is 0.426 e. The van der Waals surface area contributed by atoms with E-state index < -0.39 is 10.0 Å². The molecule has 148 valence electrons. The van der Waals surface area contributed by atoms with E-state index in [1.165, 1.54) is 48.5 Å². The number of benzene rings is 1. The van der Waals surface area contributed by atoms with Crippen molar-refractivity contribution in [3.63, 3.8) is 0 Å². The van der Waals surface area contributed by atoms with Crippen LogP contribution in [0, 0.1) is 37.0 Å². The molecule has 0 aromatic heterocycles. The Kier molecular flexibility index (Phi) is 4.20. The Labute approximate surface area is 165 Å². The Hall–Kier alpha value is -0.960. The Morgan fingerprint density at radius 1 is 0.963 bits per heavy atom. The molecule has 5 aliphatic rings. The van der Waals surface area contributed by atoms with Crippen LogP contribution in [0.2, 0.25) is 0 Å². The average Bonchev–Trinajstić information content (AvgIpc) is 3.04. The summed E-state index contributed by atoms with van der Waals surface area (Å²) in [5.74, 6) is 5.98. The molecule has 1 aliphatic heterocycles. The number of esters is 1. The SMILES string of the molecule is Cc1cc(S2(C)CCCC2)cc(C)c1OC(=O)C12CC3CC(CC(C3)C1)C2. The minimum absolute atomic E-state index is 0.0833. The fourth-order valence-electron chi connectivity index (χ4n) is 7.10. The monoisotopic (exact) mass is 386 g/mol. The summed E-state index contributed by atoms with van der Waals surface area (Å²) in [6.45, 7) is 4.27.